The molecule has 0 saturated heterocycles. The Kier molecular flexibility index (Phi) is 5.91. The average Bonchev–Trinajstić information content (AvgIpc) is 2.34. The van der Waals surface area contributed by atoms with Crippen LogP contribution in [-0.2, 0) is 20.7 Å². The molecule has 18 heavy (non-hydrogen) atoms. The molecule has 1 aromatic rings. The van der Waals surface area contributed by atoms with Crippen LogP contribution in [0.4, 0.5) is 0 Å². The van der Waals surface area contributed by atoms with Gasteiger partial charge in [-0.2, -0.15) is 0 Å². The smallest absolute Gasteiger partial charge is 0.325 e. The van der Waals surface area contributed by atoms with Crippen LogP contribution < -0.4 is 5.32 Å². The third kappa shape index (κ3) is 5.48. The van der Waals surface area contributed by atoms with Crippen molar-refractivity contribution >= 4 is 11.9 Å². The standard InChI is InChI=1S/C14H19NO3/c1-3-18-14(17)10-15-13(16)8-7-12-6-4-5-11(2)9-12/h4-6,9H,3,7-8,10H2,1-2H3,(H,15,16). The topological polar surface area (TPSA) is 55.4 Å². The molecule has 0 fully saturated rings. The molecule has 1 N–H and O–H groups in total. The van der Waals surface area contributed by atoms with Gasteiger partial charge in [0.05, 0.1) is 6.61 Å². The molecular formula is C14H19NO3. The van der Waals surface area contributed by atoms with Crippen molar-refractivity contribution in [3.8, 4) is 0 Å². The number of amides is 1. The summed E-state index contributed by atoms with van der Waals surface area (Å²) in [6.07, 6.45) is 1.05. The molecule has 0 heterocycles. The van der Waals surface area contributed by atoms with E-state index >= 15 is 0 Å². The summed E-state index contributed by atoms with van der Waals surface area (Å²) in [5.41, 5.74) is 2.31. The Hall–Kier alpha value is -1.84. The van der Waals surface area contributed by atoms with E-state index in [2.05, 4.69) is 11.4 Å². The van der Waals surface area contributed by atoms with Crippen LogP contribution in [0.2, 0.25) is 0 Å². The van der Waals surface area contributed by atoms with Crippen LogP contribution in [0.15, 0.2) is 24.3 Å². The molecule has 0 radical (unpaired) electrons. The van der Waals surface area contributed by atoms with Gasteiger partial charge in [-0.05, 0) is 25.8 Å². The summed E-state index contributed by atoms with van der Waals surface area (Å²) in [6, 6.07) is 8.04. The minimum atomic E-state index is -0.401. The molecule has 0 bridgehead atoms. The summed E-state index contributed by atoms with van der Waals surface area (Å²) in [4.78, 5) is 22.5. The predicted molar refractivity (Wildman–Crippen MR) is 69.1 cm³/mol. The molecule has 0 atom stereocenters. The highest BCUT2D eigenvalue weighted by Gasteiger charge is 2.06. The number of hydrogen-bond donors (Lipinski definition) is 1. The van der Waals surface area contributed by atoms with Crippen LogP contribution >= 0.6 is 0 Å². The number of benzene rings is 1. The number of carbonyl (C=O) groups excluding carboxylic acids is 2. The van der Waals surface area contributed by atoms with E-state index in [1.54, 1.807) is 6.92 Å². The van der Waals surface area contributed by atoms with Crippen molar-refractivity contribution in [1.29, 1.82) is 0 Å². The van der Waals surface area contributed by atoms with Gasteiger partial charge in [0, 0.05) is 6.42 Å². The van der Waals surface area contributed by atoms with E-state index in [0.29, 0.717) is 19.4 Å². The van der Waals surface area contributed by atoms with Crippen molar-refractivity contribution in [3.63, 3.8) is 0 Å². The maximum atomic E-state index is 11.5. The summed E-state index contributed by atoms with van der Waals surface area (Å²) in [6.45, 7) is 4.03. The van der Waals surface area contributed by atoms with Crippen molar-refractivity contribution in [1.82, 2.24) is 5.32 Å². The number of aryl methyl sites for hydroxylation is 2. The second-order valence-electron chi connectivity index (χ2n) is 4.07. The highest BCUT2D eigenvalue weighted by Crippen LogP contribution is 2.06. The predicted octanol–water partition coefficient (Wildman–Crippen LogP) is 1.61. The first-order chi connectivity index (χ1) is 8.61. The zero-order chi connectivity index (χ0) is 13.4. The van der Waals surface area contributed by atoms with Crippen molar-refractivity contribution in [2.45, 2.75) is 26.7 Å². The lowest BCUT2D eigenvalue weighted by molar-refractivity contribution is -0.143. The molecule has 1 aromatic carbocycles. The first-order valence-corrected chi connectivity index (χ1v) is 6.09. The van der Waals surface area contributed by atoms with E-state index < -0.39 is 5.97 Å². The fourth-order valence-electron chi connectivity index (χ4n) is 1.60. The first-order valence-electron chi connectivity index (χ1n) is 6.09. The van der Waals surface area contributed by atoms with Gasteiger partial charge in [0.15, 0.2) is 0 Å². The lowest BCUT2D eigenvalue weighted by atomic mass is 10.1. The SMILES string of the molecule is CCOC(=O)CNC(=O)CCc1cccc(C)c1. The van der Waals surface area contributed by atoms with Crippen LogP contribution in [0.3, 0.4) is 0 Å². The number of carbonyl (C=O) groups is 2. The summed E-state index contributed by atoms with van der Waals surface area (Å²) in [5.74, 6) is -0.536. The van der Waals surface area contributed by atoms with Crippen LogP contribution in [0, 0.1) is 6.92 Å². The van der Waals surface area contributed by atoms with Crippen LogP contribution in [-0.4, -0.2) is 25.0 Å². The molecule has 4 nitrogen and oxygen atoms in total. The second-order valence-corrected chi connectivity index (χ2v) is 4.07. The highest BCUT2D eigenvalue weighted by molar-refractivity contribution is 5.81. The molecule has 0 saturated carbocycles. The molecule has 98 valence electrons. The Morgan fingerprint density at radius 3 is 2.78 bits per heavy atom. The second kappa shape index (κ2) is 7.48. The van der Waals surface area contributed by atoms with E-state index in [9.17, 15) is 9.59 Å². The van der Waals surface area contributed by atoms with E-state index in [-0.39, 0.29) is 12.5 Å². The number of nitrogens with one attached hydrogen (secondary N) is 1. The lowest BCUT2D eigenvalue weighted by Crippen LogP contribution is -2.30. The van der Waals surface area contributed by atoms with Crippen molar-refractivity contribution in [3.05, 3.63) is 35.4 Å². The number of rotatable bonds is 6. The molecule has 1 amide bonds. The Labute approximate surface area is 107 Å². The van der Waals surface area contributed by atoms with Crippen molar-refractivity contribution in [2.24, 2.45) is 0 Å². The molecule has 0 aliphatic heterocycles. The van der Waals surface area contributed by atoms with Gasteiger partial charge >= 0.3 is 5.97 Å². The molecule has 0 spiro atoms. The third-order valence-corrected chi connectivity index (χ3v) is 2.46. The van der Waals surface area contributed by atoms with Gasteiger partial charge in [-0.15, -0.1) is 0 Å². The fraction of sp³-hybridized carbons (Fsp3) is 0.429. The molecule has 0 aliphatic carbocycles. The van der Waals surface area contributed by atoms with Gasteiger partial charge in [-0.3, -0.25) is 9.59 Å². The zero-order valence-corrected chi connectivity index (χ0v) is 10.9. The van der Waals surface area contributed by atoms with E-state index in [4.69, 9.17) is 4.74 Å². The van der Waals surface area contributed by atoms with E-state index in [1.165, 1.54) is 5.56 Å². The van der Waals surface area contributed by atoms with Gasteiger partial charge in [-0.1, -0.05) is 29.8 Å². The van der Waals surface area contributed by atoms with Gasteiger partial charge in [0.1, 0.15) is 6.54 Å². The molecule has 1 rings (SSSR count). The maximum Gasteiger partial charge on any atom is 0.325 e. The minimum Gasteiger partial charge on any atom is -0.465 e. The summed E-state index contributed by atoms with van der Waals surface area (Å²) in [5, 5.41) is 2.54. The van der Waals surface area contributed by atoms with Crippen LogP contribution in [0.1, 0.15) is 24.5 Å². The highest BCUT2D eigenvalue weighted by atomic mass is 16.5. The molecule has 4 heteroatoms. The summed E-state index contributed by atoms with van der Waals surface area (Å²) < 4.78 is 4.72. The molecule has 0 aliphatic rings. The third-order valence-electron chi connectivity index (χ3n) is 2.46. The number of ether oxygens (including phenoxy) is 1. The lowest BCUT2D eigenvalue weighted by Gasteiger charge is -2.05. The Balaban J connectivity index is 2.27. The Morgan fingerprint density at radius 1 is 1.33 bits per heavy atom. The van der Waals surface area contributed by atoms with Crippen LogP contribution in [0.5, 0.6) is 0 Å². The fourth-order valence-corrected chi connectivity index (χ4v) is 1.60. The largest absolute Gasteiger partial charge is 0.465 e. The normalized spacial score (nSPS) is 9.89. The average molecular weight is 249 g/mol. The Morgan fingerprint density at radius 2 is 2.11 bits per heavy atom. The van der Waals surface area contributed by atoms with Gasteiger partial charge in [-0.25, -0.2) is 0 Å². The zero-order valence-electron chi connectivity index (χ0n) is 10.9. The maximum absolute atomic E-state index is 11.5. The molecule has 0 aromatic heterocycles. The van der Waals surface area contributed by atoms with Gasteiger partial charge in [0.25, 0.3) is 0 Å². The van der Waals surface area contributed by atoms with E-state index in [0.717, 1.165) is 5.56 Å². The number of esters is 1. The summed E-state index contributed by atoms with van der Waals surface area (Å²) in [7, 11) is 0. The van der Waals surface area contributed by atoms with Gasteiger partial charge in [0.2, 0.25) is 5.91 Å². The monoisotopic (exact) mass is 249 g/mol. The van der Waals surface area contributed by atoms with Crippen molar-refractivity contribution < 1.29 is 14.3 Å². The van der Waals surface area contributed by atoms with E-state index in [1.807, 2.05) is 25.1 Å². The van der Waals surface area contributed by atoms with Gasteiger partial charge < -0.3 is 10.1 Å². The van der Waals surface area contributed by atoms with Crippen molar-refractivity contribution in [2.75, 3.05) is 13.2 Å². The molecule has 0 unspecified atom stereocenters. The quantitative estimate of drug-likeness (QED) is 0.779. The number of hydrogen-bond acceptors (Lipinski definition) is 3. The van der Waals surface area contributed by atoms with Crippen LogP contribution in [0.25, 0.3) is 0 Å². The minimum absolute atomic E-state index is 0.0551. The Bertz CT molecular complexity index is 415. The molecular weight excluding hydrogens is 230 g/mol. The first kappa shape index (κ1) is 14.2. The summed E-state index contributed by atoms with van der Waals surface area (Å²) >= 11 is 0.